The van der Waals surface area contributed by atoms with Crippen LogP contribution in [0.2, 0.25) is 0 Å². The lowest BCUT2D eigenvalue weighted by Crippen LogP contribution is -2.53. The van der Waals surface area contributed by atoms with Gasteiger partial charge in [0, 0.05) is 49.9 Å². The summed E-state index contributed by atoms with van der Waals surface area (Å²) in [5.41, 5.74) is 0.158. The van der Waals surface area contributed by atoms with E-state index in [1.807, 2.05) is 36.4 Å². The average Bonchev–Trinajstić information content (AvgIpc) is 3.36. The Bertz CT molecular complexity index is 1330. The van der Waals surface area contributed by atoms with Gasteiger partial charge >= 0.3 is 12.0 Å². The Kier molecular flexibility index (Phi) is 7.54. The number of carboxylic acids is 1. The Hall–Kier alpha value is -3.93. The zero-order valence-electron chi connectivity index (χ0n) is 22.8. The zero-order chi connectivity index (χ0) is 28.5. The lowest BCUT2D eigenvalue weighted by Gasteiger charge is -2.43. The van der Waals surface area contributed by atoms with Gasteiger partial charge in [-0.1, -0.05) is 24.3 Å². The maximum Gasteiger partial charge on any atom is 0.324 e. The molecule has 1 saturated heterocycles. The number of hydrogen-bond acceptors (Lipinski definition) is 4. The van der Waals surface area contributed by atoms with Crippen molar-refractivity contribution in [1.29, 1.82) is 5.26 Å². The standard InChI is InChI=1S/C31H35FN4O4/c1-30(32)12-5-8-25(19-30)36(24-6-3-2-4-7-24)27(37)20-31(28(38)39)13-16-34(17-14-31)29(40)35-15-11-23-10-9-22(21-33)18-26(23)35/h2-4,6-7,9-10,18,25H,5,8,11-17,19-20H2,1H3,(H,38,39). The van der Waals surface area contributed by atoms with Crippen LogP contribution in [0.25, 0.3) is 0 Å². The number of carboxylic acid groups (broad SMARTS) is 1. The van der Waals surface area contributed by atoms with Crippen molar-refractivity contribution in [3.63, 3.8) is 0 Å². The minimum atomic E-state index is -1.38. The minimum Gasteiger partial charge on any atom is -0.481 e. The molecule has 2 atom stereocenters. The van der Waals surface area contributed by atoms with Crippen LogP contribution >= 0.6 is 0 Å². The van der Waals surface area contributed by atoms with Gasteiger partial charge in [-0.2, -0.15) is 5.26 Å². The topological polar surface area (TPSA) is 105 Å². The highest BCUT2D eigenvalue weighted by atomic mass is 19.1. The van der Waals surface area contributed by atoms with Gasteiger partial charge in [-0.25, -0.2) is 9.18 Å². The molecule has 2 fully saturated rings. The second-order valence-corrected chi connectivity index (χ2v) is 11.7. The van der Waals surface area contributed by atoms with E-state index in [1.54, 1.807) is 33.8 Å². The minimum absolute atomic E-state index is 0.146. The number of alkyl halides is 1. The highest BCUT2D eigenvalue weighted by molar-refractivity contribution is 5.97. The van der Waals surface area contributed by atoms with Crippen LogP contribution in [0, 0.1) is 16.7 Å². The quantitative estimate of drug-likeness (QED) is 0.548. The summed E-state index contributed by atoms with van der Waals surface area (Å²) in [5.74, 6) is -1.38. The number of hydrogen-bond donors (Lipinski definition) is 1. The third-order valence-electron chi connectivity index (χ3n) is 8.84. The van der Waals surface area contributed by atoms with E-state index in [9.17, 15) is 24.8 Å². The van der Waals surface area contributed by atoms with Crippen molar-refractivity contribution < 1.29 is 23.9 Å². The van der Waals surface area contributed by atoms with Gasteiger partial charge < -0.3 is 14.9 Å². The molecule has 2 aromatic rings. The van der Waals surface area contributed by atoms with Crippen LogP contribution < -0.4 is 9.80 Å². The molecule has 3 amide bonds. The third kappa shape index (κ3) is 5.40. The van der Waals surface area contributed by atoms with Crippen molar-refractivity contribution >= 4 is 29.3 Å². The van der Waals surface area contributed by atoms with E-state index in [2.05, 4.69) is 6.07 Å². The van der Waals surface area contributed by atoms with Crippen molar-refractivity contribution in [2.24, 2.45) is 5.41 Å². The lowest BCUT2D eigenvalue weighted by molar-refractivity contribution is -0.154. The smallest absolute Gasteiger partial charge is 0.324 e. The SMILES string of the molecule is CC1(F)CCCC(N(C(=O)CC2(C(=O)O)CCN(C(=O)N3CCc4ccc(C#N)cc43)CC2)c2ccccc2)C1. The Morgan fingerprint density at radius 1 is 1.10 bits per heavy atom. The molecule has 1 saturated carbocycles. The number of piperidine rings is 1. The first kappa shape index (κ1) is 27.6. The van der Waals surface area contributed by atoms with Crippen LogP contribution in [0.5, 0.6) is 0 Å². The van der Waals surface area contributed by atoms with E-state index >= 15 is 4.39 Å². The first-order valence-electron chi connectivity index (χ1n) is 14.0. The van der Waals surface area contributed by atoms with Crippen molar-refractivity contribution in [2.75, 3.05) is 29.4 Å². The van der Waals surface area contributed by atoms with Gasteiger partial charge in [0.2, 0.25) is 5.91 Å². The summed E-state index contributed by atoms with van der Waals surface area (Å²) < 4.78 is 15.0. The summed E-state index contributed by atoms with van der Waals surface area (Å²) in [6.07, 6.45) is 2.75. The number of nitriles is 1. The van der Waals surface area contributed by atoms with E-state index in [4.69, 9.17) is 0 Å². The number of halogens is 1. The van der Waals surface area contributed by atoms with Gasteiger partial charge in [-0.15, -0.1) is 0 Å². The number of aliphatic carboxylic acids is 1. The van der Waals surface area contributed by atoms with Crippen molar-refractivity contribution in [1.82, 2.24) is 4.90 Å². The fraction of sp³-hybridized carbons (Fsp3) is 0.484. The molecule has 2 heterocycles. The van der Waals surface area contributed by atoms with Gasteiger partial charge in [0.15, 0.2) is 0 Å². The van der Waals surface area contributed by atoms with Crippen LogP contribution in [0.1, 0.15) is 63.0 Å². The number of amides is 3. The number of carbonyl (C=O) groups is 3. The van der Waals surface area contributed by atoms with Crippen LogP contribution in [-0.2, 0) is 16.0 Å². The zero-order valence-corrected chi connectivity index (χ0v) is 22.8. The molecule has 1 aliphatic carbocycles. The molecule has 2 unspecified atom stereocenters. The van der Waals surface area contributed by atoms with Crippen LogP contribution in [0.3, 0.4) is 0 Å². The van der Waals surface area contributed by atoms with Gasteiger partial charge in [0.25, 0.3) is 0 Å². The number of para-hydroxylation sites is 1. The fourth-order valence-corrected chi connectivity index (χ4v) is 6.55. The average molecular weight is 547 g/mol. The Balaban J connectivity index is 1.32. The molecule has 8 nitrogen and oxygen atoms in total. The van der Waals surface area contributed by atoms with Crippen LogP contribution in [0.15, 0.2) is 48.5 Å². The van der Waals surface area contributed by atoms with Crippen molar-refractivity contribution in [3.8, 4) is 6.07 Å². The molecule has 1 N–H and O–H groups in total. The third-order valence-corrected chi connectivity index (χ3v) is 8.84. The molecule has 210 valence electrons. The molecular weight excluding hydrogens is 511 g/mol. The first-order chi connectivity index (χ1) is 19.1. The monoisotopic (exact) mass is 546 g/mol. The maximum absolute atomic E-state index is 15.0. The molecule has 9 heteroatoms. The first-order valence-corrected chi connectivity index (χ1v) is 14.0. The second kappa shape index (κ2) is 10.9. The normalized spacial score (nSPS) is 23.7. The number of anilines is 2. The summed E-state index contributed by atoms with van der Waals surface area (Å²) >= 11 is 0. The number of rotatable bonds is 5. The molecule has 2 aromatic carbocycles. The van der Waals surface area contributed by atoms with E-state index < -0.39 is 17.1 Å². The molecule has 0 spiro atoms. The predicted octanol–water partition coefficient (Wildman–Crippen LogP) is 5.30. The van der Waals surface area contributed by atoms with E-state index in [1.165, 1.54) is 0 Å². The molecule has 40 heavy (non-hydrogen) atoms. The summed E-state index contributed by atoms with van der Waals surface area (Å²) in [7, 11) is 0. The highest BCUT2D eigenvalue weighted by Gasteiger charge is 2.47. The molecule has 3 aliphatic rings. The van der Waals surface area contributed by atoms with Gasteiger partial charge in [0.05, 0.1) is 17.0 Å². The Morgan fingerprint density at radius 2 is 1.82 bits per heavy atom. The predicted molar refractivity (Wildman–Crippen MR) is 149 cm³/mol. The molecule has 5 rings (SSSR count). The number of fused-ring (bicyclic) bond motifs is 1. The van der Waals surface area contributed by atoms with Crippen molar-refractivity contribution in [3.05, 3.63) is 59.7 Å². The second-order valence-electron chi connectivity index (χ2n) is 11.7. The number of likely N-dealkylation sites (tertiary alicyclic amines) is 1. The van der Waals surface area contributed by atoms with E-state index in [0.29, 0.717) is 43.5 Å². The molecule has 2 aliphatic heterocycles. The molecular formula is C31H35FN4O4. The largest absolute Gasteiger partial charge is 0.481 e. The van der Waals surface area contributed by atoms with E-state index in [0.717, 1.165) is 11.3 Å². The molecule has 0 radical (unpaired) electrons. The molecule has 0 aromatic heterocycles. The lowest BCUT2D eigenvalue weighted by atomic mass is 9.75. The van der Waals surface area contributed by atoms with E-state index in [-0.39, 0.29) is 56.8 Å². The summed E-state index contributed by atoms with van der Waals surface area (Å²) in [4.78, 5) is 44.9. The summed E-state index contributed by atoms with van der Waals surface area (Å²) in [5, 5.41) is 19.6. The van der Waals surface area contributed by atoms with Crippen LogP contribution in [-0.4, -0.2) is 59.3 Å². The van der Waals surface area contributed by atoms with Gasteiger partial charge in [-0.3, -0.25) is 14.5 Å². The Morgan fingerprint density at radius 3 is 2.48 bits per heavy atom. The Labute approximate surface area is 234 Å². The summed E-state index contributed by atoms with van der Waals surface area (Å²) in [6, 6.07) is 16.0. The van der Waals surface area contributed by atoms with Gasteiger partial charge in [0.1, 0.15) is 5.67 Å². The fourth-order valence-electron chi connectivity index (χ4n) is 6.55. The number of carbonyl (C=O) groups excluding carboxylic acids is 2. The summed E-state index contributed by atoms with van der Waals surface area (Å²) in [6.45, 7) is 2.49. The maximum atomic E-state index is 15.0. The van der Waals surface area contributed by atoms with Crippen molar-refractivity contribution in [2.45, 2.75) is 70.0 Å². The van der Waals surface area contributed by atoms with Gasteiger partial charge in [-0.05, 0) is 75.3 Å². The highest BCUT2D eigenvalue weighted by Crippen LogP contribution is 2.41. The van der Waals surface area contributed by atoms with Crippen LogP contribution in [0.4, 0.5) is 20.6 Å². The number of benzene rings is 2. The number of urea groups is 1. The number of nitrogens with zero attached hydrogens (tertiary/aromatic N) is 4. The molecule has 0 bridgehead atoms.